The van der Waals surface area contributed by atoms with Crippen molar-refractivity contribution < 1.29 is 72.2 Å². The largest absolute Gasteiger partial charge is 0.543 e. The molecule has 14 N–H and O–H groups in total. The molecule has 0 saturated heterocycles. The summed E-state index contributed by atoms with van der Waals surface area (Å²) in [6, 6.07) is -1.75. The van der Waals surface area contributed by atoms with Crippen LogP contribution in [0.25, 0.3) is 0 Å². The maximum atomic E-state index is 9.71. The lowest BCUT2D eigenvalue weighted by Crippen LogP contribution is -2.66. The summed E-state index contributed by atoms with van der Waals surface area (Å²) >= 11 is 0. The smallest absolute Gasteiger partial charge is 0.364 e. The van der Waals surface area contributed by atoms with Gasteiger partial charge in [0.1, 0.15) is 13.2 Å². The maximum Gasteiger partial charge on any atom is 0.364 e. The van der Waals surface area contributed by atoms with Gasteiger partial charge >= 0.3 is 11.9 Å². The summed E-state index contributed by atoms with van der Waals surface area (Å²) in [6.07, 6.45) is 0. The van der Waals surface area contributed by atoms with Gasteiger partial charge in [0.15, 0.2) is 0 Å². The van der Waals surface area contributed by atoms with Gasteiger partial charge in [-0.15, -0.1) is 0 Å². The predicted octanol–water partition coefficient (Wildman–Crippen LogP) is -9.82. The first-order chi connectivity index (χ1) is 9.00. The lowest BCUT2D eigenvalue weighted by molar-refractivity contribution is -0.412. The Morgan fingerprint density at radius 1 is 0.773 bits per heavy atom. The minimum absolute atomic E-state index is 0. The molecule has 0 aromatic rings. The van der Waals surface area contributed by atoms with E-state index < -0.39 is 49.2 Å². The highest BCUT2D eigenvalue weighted by atomic mass is 16.4. The van der Waals surface area contributed by atoms with Crippen LogP contribution < -0.4 is 21.7 Å². The Morgan fingerprint density at radius 2 is 0.955 bits per heavy atom. The number of aliphatic hydroxyl groups excluding tert-OH is 2. The maximum absolute atomic E-state index is 9.71. The highest BCUT2D eigenvalue weighted by Gasteiger charge is 2.12. The molecular weight excluding hydrogens is 316 g/mol. The van der Waals surface area contributed by atoms with E-state index in [1.54, 1.807) is 0 Å². The molecule has 0 aromatic heterocycles. The fourth-order valence-electron chi connectivity index (χ4n) is 0.156. The van der Waals surface area contributed by atoms with E-state index >= 15 is 0 Å². The van der Waals surface area contributed by atoms with Crippen LogP contribution in [0.3, 0.4) is 0 Å². The Morgan fingerprint density at radius 3 is 0.955 bits per heavy atom. The summed E-state index contributed by atoms with van der Waals surface area (Å²) in [4.78, 5) is 37.3. The van der Waals surface area contributed by atoms with E-state index in [2.05, 4.69) is 11.5 Å². The first kappa shape index (κ1) is 31.8. The van der Waals surface area contributed by atoms with Crippen LogP contribution in [0.5, 0.6) is 0 Å². The van der Waals surface area contributed by atoms with Gasteiger partial charge in [-0.3, -0.25) is 0 Å². The number of aliphatic hydroxyl groups is 2. The van der Waals surface area contributed by atoms with Crippen LogP contribution in [0.2, 0.25) is 0 Å². The second kappa shape index (κ2) is 18.6. The fraction of sp³-hybridized carbons (Fsp3) is 0.500. The molecule has 0 fully saturated rings. The second-order valence-electron chi connectivity index (χ2n) is 3.01. The molecule has 22 heavy (non-hydrogen) atoms. The second-order valence-corrected chi connectivity index (χ2v) is 3.01. The van der Waals surface area contributed by atoms with Crippen LogP contribution in [-0.4, -0.2) is 80.6 Å². The number of carboxylic acid groups (broad SMARTS) is 4. The minimum Gasteiger partial charge on any atom is -0.543 e. The lowest BCUT2D eigenvalue weighted by Gasteiger charge is -1.97. The Kier molecular flexibility index (Phi) is 27.0. The van der Waals surface area contributed by atoms with Crippen LogP contribution in [0.1, 0.15) is 0 Å². The minimum atomic E-state index is -2.19. The number of carboxylic acids is 4. The van der Waals surface area contributed by atoms with Crippen molar-refractivity contribution in [3.8, 4) is 0 Å². The van der Waals surface area contributed by atoms with E-state index in [4.69, 9.17) is 40.2 Å². The van der Waals surface area contributed by atoms with Crippen LogP contribution in [0.15, 0.2) is 0 Å². The molecule has 0 radical (unpaired) electrons. The predicted molar refractivity (Wildman–Crippen MR) is 60.0 cm³/mol. The molecule has 0 saturated carbocycles. The molecule has 0 aliphatic carbocycles. The molecule has 0 aromatic carbocycles. The summed E-state index contributed by atoms with van der Waals surface area (Å²) in [5.74, 6) is -6.50. The summed E-state index contributed by atoms with van der Waals surface area (Å²) in [5.41, 5.74) is 6.21. The summed E-state index contributed by atoms with van der Waals surface area (Å²) < 4.78 is 0. The quantitative estimate of drug-likeness (QED) is 0.263. The van der Waals surface area contributed by atoms with Gasteiger partial charge in [0.2, 0.25) is 12.1 Å². The highest BCUT2D eigenvalue weighted by molar-refractivity contribution is 6.25. The lowest BCUT2D eigenvalue weighted by atomic mass is 10.3. The van der Waals surface area contributed by atoms with Gasteiger partial charge in [-0.05, 0) is 0 Å². The van der Waals surface area contributed by atoms with Crippen LogP contribution in [0, 0.1) is 0 Å². The highest BCUT2D eigenvalue weighted by Crippen LogP contribution is 1.68. The van der Waals surface area contributed by atoms with E-state index in [0.717, 1.165) is 0 Å². The molecule has 2 atom stereocenters. The zero-order valence-corrected chi connectivity index (χ0v) is 11.2. The van der Waals surface area contributed by atoms with Crippen molar-refractivity contribution in [2.75, 3.05) is 13.2 Å². The zero-order valence-electron chi connectivity index (χ0n) is 11.2. The van der Waals surface area contributed by atoms with E-state index in [0.29, 0.717) is 0 Å². The number of hydrogen-bond acceptors (Lipinski definition) is 8. The summed E-state index contributed by atoms with van der Waals surface area (Å²) in [7, 11) is 0. The normalized spacial score (nSPS) is 10.5. The molecule has 0 amide bonds. The Labute approximate surface area is 122 Å². The molecule has 0 bridgehead atoms. The molecule has 0 heterocycles. The monoisotopic (exact) mass is 336 g/mol. The van der Waals surface area contributed by atoms with Gasteiger partial charge in [0, 0.05) is 0 Å². The van der Waals surface area contributed by atoms with Crippen molar-refractivity contribution in [2.45, 2.75) is 12.1 Å². The van der Waals surface area contributed by atoms with Crippen molar-refractivity contribution in [1.29, 1.82) is 0 Å². The third kappa shape index (κ3) is 26.3. The van der Waals surface area contributed by atoms with E-state index in [1.165, 1.54) is 0 Å². The van der Waals surface area contributed by atoms with Crippen molar-refractivity contribution in [3.05, 3.63) is 0 Å². The number of aliphatic carboxylic acids is 4. The van der Waals surface area contributed by atoms with E-state index in [9.17, 15) is 9.59 Å². The molecular formula is C8H20N2O12. The summed E-state index contributed by atoms with van der Waals surface area (Å²) in [5, 5.41) is 49.9. The molecule has 0 spiro atoms. The number of carbonyl (C=O) groups excluding carboxylic acids is 2. The van der Waals surface area contributed by atoms with Crippen molar-refractivity contribution in [3.63, 3.8) is 0 Å². The van der Waals surface area contributed by atoms with E-state index in [1.807, 2.05) is 0 Å². The van der Waals surface area contributed by atoms with Crippen LogP contribution in [0.4, 0.5) is 0 Å². The van der Waals surface area contributed by atoms with Crippen LogP contribution >= 0.6 is 0 Å². The Hall–Kier alpha value is -2.36. The third-order valence-corrected chi connectivity index (χ3v) is 1.31. The average Bonchev–Trinajstić information content (AvgIpc) is 2.37. The van der Waals surface area contributed by atoms with E-state index in [-0.39, 0.29) is 11.0 Å². The molecule has 14 nitrogen and oxygen atoms in total. The molecule has 0 rings (SSSR count). The number of quaternary nitrogens is 2. The number of carbonyl (C=O) groups is 4. The van der Waals surface area contributed by atoms with Gasteiger partial charge in [-0.25, -0.2) is 9.59 Å². The van der Waals surface area contributed by atoms with Gasteiger partial charge in [0.05, 0.1) is 11.9 Å². The fourth-order valence-corrected chi connectivity index (χ4v) is 0.156. The SMILES string of the molecule is O.O.O=C([O-])C(=O)[O-].[NH3+][C@@H](CO)C(=O)O.[NH3+][C@@H](CO)C(=O)O. The zero-order chi connectivity index (χ0) is 16.9. The average molecular weight is 336 g/mol. The van der Waals surface area contributed by atoms with Gasteiger partial charge < -0.3 is 62.6 Å². The topological polar surface area (TPSA) is 314 Å². The standard InChI is InChI=1S/2C3H7NO3.C2H2O4.2H2O/c2*4-2(1-5)3(6)7;3-1(4)2(5)6;;/h2*2,5H,1,4H2,(H,6,7);(H,3,4)(H,5,6);2*1H2/t2*2-;;;/m00.../s1. The van der Waals surface area contributed by atoms with Crippen molar-refractivity contribution in [2.24, 2.45) is 0 Å². The molecule has 14 heteroatoms. The summed E-state index contributed by atoms with van der Waals surface area (Å²) in [6.45, 7) is -0.787. The molecule has 0 unspecified atom stereocenters. The first-order valence-electron chi connectivity index (χ1n) is 4.76. The molecule has 134 valence electrons. The van der Waals surface area contributed by atoms with Crippen molar-refractivity contribution >= 4 is 23.9 Å². The number of hydrogen-bond donors (Lipinski definition) is 6. The third-order valence-electron chi connectivity index (χ3n) is 1.31. The van der Waals surface area contributed by atoms with Gasteiger partial charge in [-0.2, -0.15) is 0 Å². The van der Waals surface area contributed by atoms with Crippen LogP contribution in [-0.2, 0) is 19.2 Å². The van der Waals surface area contributed by atoms with Crippen molar-refractivity contribution in [1.82, 2.24) is 0 Å². The Balaban J connectivity index is -0.0000000630. The first-order valence-corrected chi connectivity index (χ1v) is 4.76. The Bertz CT molecular complexity index is 301. The molecule has 0 aliphatic heterocycles. The van der Waals surface area contributed by atoms with Gasteiger partial charge in [0.25, 0.3) is 0 Å². The number of rotatable bonds is 4. The van der Waals surface area contributed by atoms with Gasteiger partial charge in [-0.1, -0.05) is 0 Å². The molecule has 0 aliphatic rings.